The number of amides is 1. The van der Waals surface area contributed by atoms with Crippen LogP contribution in [0.25, 0.3) is 0 Å². The smallest absolute Gasteiger partial charge is 0.227 e. The number of carbonyl (C=O) groups excluding carboxylic acids is 1. The molecule has 5 heteroatoms. The average Bonchev–Trinajstić information content (AvgIpc) is 3.50. The van der Waals surface area contributed by atoms with E-state index in [-0.39, 0.29) is 11.8 Å². The Labute approximate surface area is 155 Å². The summed E-state index contributed by atoms with van der Waals surface area (Å²) in [4.78, 5) is 21.2. The Balaban J connectivity index is 1.37. The van der Waals surface area contributed by atoms with Gasteiger partial charge in [-0.2, -0.15) is 0 Å². The predicted molar refractivity (Wildman–Crippen MR) is 106 cm³/mol. The molecule has 4 rings (SSSR count). The molecule has 1 aromatic heterocycles. The van der Waals surface area contributed by atoms with Gasteiger partial charge in [0.05, 0.1) is 11.9 Å². The van der Waals surface area contributed by atoms with Gasteiger partial charge in [-0.05, 0) is 56.0 Å². The molecule has 2 aliphatic rings. The molecule has 0 bridgehead atoms. The third-order valence-corrected chi connectivity index (χ3v) is 5.48. The van der Waals surface area contributed by atoms with Crippen LogP contribution in [0.3, 0.4) is 0 Å². The fraction of sp³-hybridized carbons (Fsp3) is 0.429. The zero-order valence-corrected chi connectivity index (χ0v) is 15.5. The number of benzene rings is 1. The Kier molecular flexibility index (Phi) is 4.53. The van der Waals surface area contributed by atoms with Crippen LogP contribution in [0.1, 0.15) is 24.0 Å². The van der Waals surface area contributed by atoms with Crippen molar-refractivity contribution in [1.29, 1.82) is 0 Å². The summed E-state index contributed by atoms with van der Waals surface area (Å²) in [5.41, 5.74) is 4.85. The maximum atomic E-state index is 11.8. The van der Waals surface area contributed by atoms with Gasteiger partial charge in [-0.15, -0.1) is 0 Å². The number of hydrogen-bond acceptors (Lipinski definition) is 4. The summed E-state index contributed by atoms with van der Waals surface area (Å²) < 4.78 is 0. The van der Waals surface area contributed by atoms with Crippen LogP contribution in [-0.2, 0) is 4.79 Å². The summed E-state index contributed by atoms with van der Waals surface area (Å²) in [6.07, 6.45) is 3.80. The topological polar surface area (TPSA) is 48.5 Å². The van der Waals surface area contributed by atoms with Gasteiger partial charge >= 0.3 is 0 Å². The molecule has 5 nitrogen and oxygen atoms in total. The Bertz CT molecular complexity index is 790. The monoisotopic (exact) mass is 350 g/mol. The molecule has 136 valence electrons. The second-order valence-electron chi connectivity index (χ2n) is 7.36. The summed E-state index contributed by atoms with van der Waals surface area (Å²) in [5.74, 6) is 1.32. The summed E-state index contributed by atoms with van der Waals surface area (Å²) in [7, 11) is 0. The Morgan fingerprint density at radius 3 is 2.42 bits per heavy atom. The Hall–Kier alpha value is -2.56. The second kappa shape index (κ2) is 6.98. The van der Waals surface area contributed by atoms with Crippen molar-refractivity contribution in [2.45, 2.75) is 26.7 Å². The van der Waals surface area contributed by atoms with Crippen molar-refractivity contribution < 1.29 is 4.79 Å². The third kappa shape index (κ3) is 3.52. The van der Waals surface area contributed by atoms with E-state index < -0.39 is 0 Å². The van der Waals surface area contributed by atoms with Gasteiger partial charge in [0.15, 0.2) is 0 Å². The van der Waals surface area contributed by atoms with Gasteiger partial charge < -0.3 is 15.1 Å². The minimum atomic E-state index is 0.127. The third-order valence-electron chi connectivity index (χ3n) is 5.48. The SMILES string of the molecule is Cc1cccc(N2CCN(c3ccc(NC(=O)C4CC4)cn3)CC2)c1C. The zero-order valence-electron chi connectivity index (χ0n) is 15.5. The fourth-order valence-electron chi connectivity index (χ4n) is 3.49. The van der Waals surface area contributed by atoms with Crippen LogP contribution in [0.4, 0.5) is 17.2 Å². The van der Waals surface area contributed by atoms with Crippen LogP contribution in [0.2, 0.25) is 0 Å². The molecule has 1 amide bonds. The normalized spacial score (nSPS) is 17.3. The molecule has 2 aromatic rings. The Morgan fingerprint density at radius 1 is 1.04 bits per heavy atom. The van der Waals surface area contributed by atoms with Crippen molar-refractivity contribution in [1.82, 2.24) is 4.98 Å². The molecule has 1 N–H and O–H groups in total. The molecular formula is C21H26N4O. The molecule has 0 unspecified atom stereocenters. The number of hydrogen-bond donors (Lipinski definition) is 1. The first-order valence-electron chi connectivity index (χ1n) is 9.45. The number of carbonyl (C=O) groups is 1. The van der Waals surface area contributed by atoms with Crippen LogP contribution < -0.4 is 15.1 Å². The van der Waals surface area contributed by atoms with Gasteiger partial charge in [-0.3, -0.25) is 4.79 Å². The highest BCUT2D eigenvalue weighted by Crippen LogP contribution is 2.30. The molecule has 1 aliphatic carbocycles. The van der Waals surface area contributed by atoms with E-state index in [1.54, 1.807) is 6.20 Å². The molecule has 1 saturated heterocycles. The summed E-state index contributed by atoms with van der Waals surface area (Å²) >= 11 is 0. The number of nitrogens with zero attached hydrogens (tertiary/aromatic N) is 3. The fourth-order valence-corrected chi connectivity index (χ4v) is 3.49. The second-order valence-corrected chi connectivity index (χ2v) is 7.36. The maximum Gasteiger partial charge on any atom is 0.227 e. The quantitative estimate of drug-likeness (QED) is 0.918. The highest BCUT2D eigenvalue weighted by atomic mass is 16.2. The number of rotatable bonds is 4. The van der Waals surface area contributed by atoms with E-state index in [2.05, 4.69) is 52.1 Å². The van der Waals surface area contributed by atoms with Crippen molar-refractivity contribution in [2.24, 2.45) is 5.92 Å². The van der Waals surface area contributed by atoms with E-state index in [1.807, 2.05) is 12.1 Å². The molecule has 0 spiro atoms. The lowest BCUT2D eigenvalue weighted by Gasteiger charge is -2.37. The highest BCUT2D eigenvalue weighted by Gasteiger charge is 2.29. The molecule has 0 radical (unpaired) electrons. The standard InChI is InChI=1S/C21H26N4O/c1-15-4-3-5-19(16(15)2)24-10-12-25(13-11-24)20-9-8-18(14-22-20)23-21(26)17-6-7-17/h3-5,8-9,14,17H,6-7,10-13H2,1-2H3,(H,23,26). The van der Waals surface area contributed by atoms with E-state index in [0.717, 1.165) is 50.5 Å². The number of aromatic nitrogens is 1. The minimum Gasteiger partial charge on any atom is -0.368 e. The molecule has 2 fully saturated rings. The molecule has 26 heavy (non-hydrogen) atoms. The molecular weight excluding hydrogens is 324 g/mol. The van der Waals surface area contributed by atoms with E-state index >= 15 is 0 Å². The first-order valence-corrected chi connectivity index (χ1v) is 9.45. The summed E-state index contributed by atoms with van der Waals surface area (Å²) in [6.45, 7) is 8.26. The maximum absolute atomic E-state index is 11.8. The molecule has 1 saturated carbocycles. The van der Waals surface area contributed by atoms with Crippen LogP contribution in [0, 0.1) is 19.8 Å². The van der Waals surface area contributed by atoms with E-state index in [1.165, 1.54) is 16.8 Å². The average molecular weight is 350 g/mol. The van der Waals surface area contributed by atoms with Gasteiger partial charge in [0, 0.05) is 37.8 Å². The van der Waals surface area contributed by atoms with Crippen molar-refractivity contribution in [3.05, 3.63) is 47.7 Å². The lowest BCUT2D eigenvalue weighted by Crippen LogP contribution is -2.47. The first-order chi connectivity index (χ1) is 12.6. The number of pyridine rings is 1. The lowest BCUT2D eigenvalue weighted by molar-refractivity contribution is -0.117. The van der Waals surface area contributed by atoms with Gasteiger partial charge in [0.25, 0.3) is 0 Å². The van der Waals surface area contributed by atoms with Crippen molar-refractivity contribution in [3.8, 4) is 0 Å². The van der Waals surface area contributed by atoms with E-state index in [0.29, 0.717) is 0 Å². The lowest BCUT2D eigenvalue weighted by atomic mass is 10.1. The first kappa shape index (κ1) is 16.9. The number of piperazine rings is 1. The molecule has 1 aliphatic heterocycles. The van der Waals surface area contributed by atoms with Crippen LogP contribution in [0.15, 0.2) is 36.5 Å². The van der Waals surface area contributed by atoms with E-state index in [4.69, 9.17) is 0 Å². The molecule has 2 heterocycles. The van der Waals surface area contributed by atoms with E-state index in [9.17, 15) is 4.79 Å². The number of anilines is 3. The van der Waals surface area contributed by atoms with Crippen molar-refractivity contribution >= 4 is 23.1 Å². The van der Waals surface area contributed by atoms with Gasteiger partial charge in [-0.25, -0.2) is 4.98 Å². The molecule has 0 atom stereocenters. The summed E-state index contributed by atoms with van der Waals surface area (Å²) in [5, 5.41) is 2.95. The van der Waals surface area contributed by atoms with Gasteiger partial charge in [0.1, 0.15) is 5.82 Å². The van der Waals surface area contributed by atoms with Gasteiger partial charge in [0.2, 0.25) is 5.91 Å². The Morgan fingerprint density at radius 2 is 1.77 bits per heavy atom. The zero-order chi connectivity index (χ0) is 18.1. The van der Waals surface area contributed by atoms with Crippen molar-refractivity contribution in [3.63, 3.8) is 0 Å². The van der Waals surface area contributed by atoms with Crippen molar-refractivity contribution in [2.75, 3.05) is 41.3 Å². The van der Waals surface area contributed by atoms with Gasteiger partial charge in [-0.1, -0.05) is 12.1 Å². The largest absolute Gasteiger partial charge is 0.368 e. The predicted octanol–water partition coefficient (Wildman–Crippen LogP) is 3.37. The van der Waals surface area contributed by atoms with Crippen LogP contribution in [0.5, 0.6) is 0 Å². The molecule has 1 aromatic carbocycles. The summed E-state index contributed by atoms with van der Waals surface area (Å²) in [6, 6.07) is 10.5. The van der Waals surface area contributed by atoms with Crippen LogP contribution >= 0.6 is 0 Å². The van der Waals surface area contributed by atoms with Crippen LogP contribution in [-0.4, -0.2) is 37.1 Å². The minimum absolute atomic E-state index is 0.127. The number of nitrogens with one attached hydrogen (secondary N) is 1. The number of aryl methyl sites for hydroxylation is 1. The highest BCUT2D eigenvalue weighted by molar-refractivity contribution is 5.93.